The van der Waals surface area contributed by atoms with Crippen molar-refractivity contribution in [2.75, 3.05) is 5.32 Å². The van der Waals surface area contributed by atoms with Crippen molar-refractivity contribution < 1.29 is 14.7 Å². The third-order valence-electron chi connectivity index (χ3n) is 3.15. The van der Waals surface area contributed by atoms with Gasteiger partial charge in [-0.2, -0.15) is 0 Å². The molecule has 0 aliphatic rings. The third kappa shape index (κ3) is 4.51. The van der Waals surface area contributed by atoms with Gasteiger partial charge in [-0.15, -0.1) is 0 Å². The van der Waals surface area contributed by atoms with Crippen molar-refractivity contribution in [2.45, 2.75) is 6.92 Å². The van der Waals surface area contributed by atoms with E-state index in [9.17, 15) is 14.7 Å². The smallest absolute Gasteiger partial charge is 0.337 e. The molecule has 0 aliphatic carbocycles. The number of hydrogen-bond acceptors (Lipinski definition) is 2. The lowest BCUT2D eigenvalue weighted by Crippen LogP contribution is -2.15. The zero-order chi connectivity index (χ0) is 17.9. The largest absolute Gasteiger partial charge is 0.478 e. The van der Waals surface area contributed by atoms with E-state index in [4.69, 9.17) is 34.8 Å². The number of nitrogens with one attached hydrogen (secondary N) is 1. The van der Waals surface area contributed by atoms with E-state index < -0.39 is 11.9 Å². The predicted molar refractivity (Wildman–Crippen MR) is 97.2 cm³/mol. The van der Waals surface area contributed by atoms with Crippen LogP contribution in [0, 0.1) is 0 Å². The number of amides is 1. The van der Waals surface area contributed by atoms with Crippen LogP contribution in [0.2, 0.25) is 15.1 Å². The third-order valence-corrected chi connectivity index (χ3v) is 3.95. The number of benzene rings is 2. The molecule has 4 nitrogen and oxygen atoms in total. The highest BCUT2D eigenvalue weighted by Crippen LogP contribution is 2.24. The van der Waals surface area contributed by atoms with Crippen molar-refractivity contribution in [3.8, 4) is 0 Å². The summed E-state index contributed by atoms with van der Waals surface area (Å²) in [5.74, 6) is -1.64. The fourth-order valence-electron chi connectivity index (χ4n) is 1.94. The zero-order valence-electron chi connectivity index (χ0n) is 12.4. The SMILES string of the molecule is CC(=Cc1ccc(Cl)cc1Cl)C(=O)Nc1ccc(Cl)cc1C(=O)O. The first-order valence-corrected chi connectivity index (χ1v) is 7.89. The van der Waals surface area contributed by atoms with Crippen LogP contribution < -0.4 is 5.32 Å². The minimum Gasteiger partial charge on any atom is -0.478 e. The molecule has 0 unspecified atom stereocenters. The molecule has 0 atom stereocenters. The van der Waals surface area contributed by atoms with Gasteiger partial charge in [0.25, 0.3) is 5.91 Å². The molecule has 0 bridgehead atoms. The second-order valence-electron chi connectivity index (χ2n) is 4.94. The topological polar surface area (TPSA) is 66.4 Å². The highest BCUT2D eigenvalue weighted by molar-refractivity contribution is 6.35. The summed E-state index contributed by atoms with van der Waals surface area (Å²) in [6, 6.07) is 9.13. The van der Waals surface area contributed by atoms with Crippen LogP contribution in [0.4, 0.5) is 5.69 Å². The molecule has 0 fully saturated rings. The van der Waals surface area contributed by atoms with Gasteiger partial charge in [0.2, 0.25) is 0 Å². The summed E-state index contributed by atoms with van der Waals surface area (Å²) in [4.78, 5) is 23.5. The van der Waals surface area contributed by atoms with Crippen molar-refractivity contribution in [3.63, 3.8) is 0 Å². The van der Waals surface area contributed by atoms with Gasteiger partial charge in [0.15, 0.2) is 0 Å². The normalized spacial score (nSPS) is 11.2. The van der Waals surface area contributed by atoms with E-state index in [2.05, 4.69) is 5.32 Å². The number of hydrogen-bond donors (Lipinski definition) is 2. The molecule has 0 radical (unpaired) electrons. The number of anilines is 1. The Balaban J connectivity index is 2.26. The van der Waals surface area contributed by atoms with Gasteiger partial charge in [-0.05, 0) is 48.9 Å². The fraction of sp³-hybridized carbons (Fsp3) is 0.0588. The minimum atomic E-state index is -1.19. The standard InChI is InChI=1S/C17H12Cl3NO3/c1-9(6-10-2-3-12(19)8-14(10)20)16(22)21-15-5-4-11(18)7-13(15)17(23)24/h2-8H,1H3,(H,21,22)(H,23,24). The van der Waals surface area contributed by atoms with Crippen molar-refractivity contribution in [3.05, 3.63) is 68.2 Å². The van der Waals surface area contributed by atoms with E-state index in [0.717, 1.165) is 0 Å². The highest BCUT2D eigenvalue weighted by atomic mass is 35.5. The van der Waals surface area contributed by atoms with Gasteiger partial charge in [0, 0.05) is 20.6 Å². The van der Waals surface area contributed by atoms with Crippen molar-refractivity contribution in [1.29, 1.82) is 0 Å². The Morgan fingerprint density at radius 3 is 2.29 bits per heavy atom. The number of carbonyl (C=O) groups excluding carboxylic acids is 1. The molecule has 1 amide bonds. The van der Waals surface area contributed by atoms with E-state index >= 15 is 0 Å². The van der Waals surface area contributed by atoms with Crippen LogP contribution in [0.3, 0.4) is 0 Å². The molecule has 2 aromatic rings. The van der Waals surface area contributed by atoms with Gasteiger partial charge in [-0.3, -0.25) is 4.79 Å². The van der Waals surface area contributed by atoms with Crippen LogP contribution in [0.5, 0.6) is 0 Å². The molecule has 0 spiro atoms. The Kier molecular flexibility index (Phi) is 5.89. The van der Waals surface area contributed by atoms with Gasteiger partial charge >= 0.3 is 5.97 Å². The van der Waals surface area contributed by atoms with Crippen LogP contribution in [0.25, 0.3) is 6.08 Å². The monoisotopic (exact) mass is 383 g/mol. The molecular weight excluding hydrogens is 373 g/mol. The molecule has 24 heavy (non-hydrogen) atoms. The second-order valence-corrected chi connectivity index (χ2v) is 6.22. The molecule has 0 saturated carbocycles. The molecule has 2 N–H and O–H groups in total. The summed E-state index contributed by atoms with van der Waals surface area (Å²) >= 11 is 17.7. The molecular formula is C17H12Cl3NO3. The number of rotatable bonds is 4. The number of halogens is 3. The fourth-order valence-corrected chi connectivity index (χ4v) is 2.58. The first-order chi connectivity index (χ1) is 11.3. The minimum absolute atomic E-state index is 0.0897. The van der Waals surface area contributed by atoms with Crippen LogP contribution >= 0.6 is 34.8 Å². The summed E-state index contributed by atoms with van der Waals surface area (Å²) in [7, 11) is 0. The molecule has 0 heterocycles. The van der Waals surface area contributed by atoms with Crippen molar-refractivity contribution >= 4 is 58.4 Å². The summed E-state index contributed by atoms with van der Waals surface area (Å²) in [6.07, 6.45) is 1.59. The van der Waals surface area contributed by atoms with E-state index in [1.807, 2.05) is 0 Å². The van der Waals surface area contributed by atoms with Crippen LogP contribution in [0.15, 0.2) is 42.0 Å². The van der Waals surface area contributed by atoms with Crippen LogP contribution in [-0.2, 0) is 4.79 Å². The van der Waals surface area contributed by atoms with Gasteiger partial charge in [0.1, 0.15) is 0 Å². The highest BCUT2D eigenvalue weighted by Gasteiger charge is 2.14. The maximum atomic E-state index is 12.3. The summed E-state index contributed by atoms with van der Waals surface area (Å²) in [5.41, 5.74) is 1.05. The number of aromatic carboxylic acids is 1. The van der Waals surface area contributed by atoms with E-state index in [0.29, 0.717) is 21.2 Å². The first-order valence-electron chi connectivity index (χ1n) is 6.75. The zero-order valence-corrected chi connectivity index (χ0v) is 14.7. The van der Waals surface area contributed by atoms with Crippen molar-refractivity contribution in [2.24, 2.45) is 0 Å². The first kappa shape index (κ1) is 18.3. The number of carbonyl (C=O) groups is 2. The average Bonchev–Trinajstić information content (AvgIpc) is 2.51. The summed E-state index contributed by atoms with van der Waals surface area (Å²) in [6.45, 7) is 1.59. The van der Waals surface area contributed by atoms with Gasteiger partial charge in [-0.25, -0.2) is 4.79 Å². The van der Waals surface area contributed by atoms with E-state index in [-0.39, 0.29) is 16.3 Å². The van der Waals surface area contributed by atoms with Gasteiger partial charge in [-0.1, -0.05) is 40.9 Å². The Bertz CT molecular complexity index is 847. The van der Waals surface area contributed by atoms with E-state index in [1.165, 1.54) is 18.2 Å². The van der Waals surface area contributed by atoms with Crippen LogP contribution in [-0.4, -0.2) is 17.0 Å². The maximum Gasteiger partial charge on any atom is 0.337 e. The molecule has 7 heteroatoms. The Morgan fingerprint density at radius 2 is 1.67 bits per heavy atom. The average molecular weight is 385 g/mol. The number of carboxylic acids is 1. The lowest BCUT2D eigenvalue weighted by atomic mass is 10.1. The van der Waals surface area contributed by atoms with E-state index in [1.54, 1.807) is 31.2 Å². The molecule has 2 rings (SSSR count). The second kappa shape index (κ2) is 7.71. The number of carboxylic acid groups (broad SMARTS) is 1. The van der Waals surface area contributed by atoms with Gasteiger partial charge < -0.3 is 10.4 Å². The molecule has 0 aliphatic heterocycles. The lowest BCUT2D eigenvalue weighted by molar-refractivity contribution is -0.112. The molecule has 0 saturated heterocycles. The lowest BCUT2D eigenvalue weighted by Gasteiger charge is -2.09. The maximum absolute atomic E-state index is 12.3. The molecule has 0 aromatic heterocycles. The quantitative estimate of drug-likeness (QED) is 0.695. The van der Waals surface area contributed by atoms with Crippen molar-refractivity contribution in [1.82, 2.24) is 0 Å². The molecule has 2 aromatic carbocycles. The molecule has 124 valence electrons. The predicted octanol–water partition coefficient (Wildman–Crippen LogP) is 5.39. The summed E-state index contributed by atoms with van der Waals surface area (Å²) < 4.78 is 0. The Hall–Kier alpha value is -2.01. The van der Waals surface area contributed by atoms with Crippen LogP contribution in [0.1, 0.15) is 22.8 Å². The Labute approximate surface area is 153 Å². The van der Waals surface area contributed by atoms with Gasteiger partial charge in [0.05, 0.1) is 11.3 Å². The summed E-state index contributed by atoms with van der Waals surface area (Å²) in [5, 5.41) is 12.9. The Morgan fingerprint density at radius 1 is 1.04 bits per heavy atom.